The van der Waals surface area contributed by atoms with Crippen LogP contribution >= 0.6 is 0 Å². The Morgan fingerprint density at radius 2 is 1.18 bits per heavy atom. The van der Waals surface area contributed by atoms with E-state index in [0.717, 1.165) is 44.1 Å². The maximum atomic E-state index is 12.4. The van der Waals surface area contributed by atoms with Crippen molar-refractivity contribution in [2.45, 2.75) is 59.3 Å². The summed E-state index contributed by atoms with van der Waals surface area (Å²) in [6.07, 6.45) is 3.72. The van der Waals surface area contributed by atoms with E-state index in [0.29, 0.717) is 46.3 Å². The zero-order valence-corrected chi connectivity index (χ0v) is 19.6. The van der Waals surface area contributed by atoms with Crippen LogP contribution in [0.15, 0.2) is 42.5 Å². The molecule has 0 saturated heterocycles. The summed E-state index contributed by atoms with van der Waals surface area (Å²) in [7, 11) is 0. The van der Waals surface area contributed by atoms with E-state index >= 15 is 0 Å². The minimum atomic E-state index is -0.750. The molecule has 6 heteroatoms. The molecule has 0 radical (unpaired) electrons. The number of hydrogen-bond acceptors (Lipinski definition) is 6. The zero-order chi connectivity index (χ0) is 23.6. The number of carbonyl (C=O) groups excluding carboxylic acids is 2. The smallest absolute Gasteiger partial charge is 0.434 e. The van der Waals surface area contributed by atoms with E-state index in [1.165, 1.54) is 0 Å². The summed E-state index contributed by atoms with van der Waals surface area (Å²) in [5, 5.41) is 2.65. The molecule has 0 bridgehead atoms. The fraction of sp³-hybridized carbons (Fsp3) is 0.407. The first-order chi connectivity index (χ1) is 16.1. The van der Waals surface area contributed by atoms with Gasteiger partial charge in [0.1, 0.15) is 11.5 Å². The lowest BCUT2D eigenvalue weighted by molar-refractivity contribution is 0.0970. The van der Waals surface area contributed by atoms with E-state index in [4.69, 9.17) is 18.9 Å². The van der Waals surface area contributed by atoms with E-state index in [1.807, 2.05) is 56.3 Å². The summed E-state index contributed by atoms with van der Waals surface area (Å²) < 4.78 is 21.9. The van der Waals surface area contributed by atoms with Gasteiger partial charge in [0.2, 0.25) is 0 Å². The Balaban J connectivity index is 2.10. The maximum absolute atomic E-state index is 12.4. The minimum Gasteiger partial charge on any atom is -0.434 e. The van der Waals surface area contributed by atoms with E-state index < -0.39 is 12.3 Å². The van der Waals surface area contributed by atoms with E-state index in [9.17, 15) is 9.59 Å². The van der Waals surface area contributed by atoms with Crippen LogP contribution in [0, 0.1) is 0 Å². The van der Waals surface area contributed by atoms with Gasteiger partial charge in [0.25, 0.3) is 0 Å². The third-order valence-electron chi connectivity index (χ3n) is 5.33. The van der Waals surface area contributed by atoms with Crippen LogP contribution in [0.2, 0.25) is 0 Å². The largest absolute Gasteiger partial charge is 0.513 e. The van der Waals surface area contributed by atoms with Gasteiger partial charge in [-0.2, -0.15) is 0 Å². The standard InChI is InChI=1S/C27H32O6/c1-4-7-16-30-26(28)32-24-20-12-9-10-13-21(20)25(33-27(29)31-17-8-5-2)23-18-19(11-6-3)14-15-22(23)24/h9-10,12-15,18H,4-8,11,16-17H2,1-3H3. The third kappa shape index (κ3) is 6.15. The molecule has 0 N–H and O–H groups in total. The SMILES string of the molecule is CCCCOC(=O)Oc1c2ccccc2c(OC(=O)OCCCC)c2cc(CCC)ccc12. The first-order valence-electron chi connectivity index (χ1n) is 11.8. The van der Waals surface area contributed by atoms with Crippen LogP contribution in [0.5, 0.6) is 11.5 Å². The first-order valence-corrected chi connectivity index (χ1v) is 11.8. The van der Waals surface area contributed by atoms with Gasteiger partial charge in [0.05, 0.1) is 13.2 Å². The number of aryl methyl sites for hydroxylation is 1. The molecule has 3 aromatic carbocycles. The number of fused-ring (bicyclic) bond motifs is 2. The molecule has 33 heavy (non-hydrogen) atoms. The highest BCUT2D eigenvalue weighted by Crippen LogP contribution is 2.43. The Hall–Kier alpha value is -3.28. The van der Waals surface area contributed by atoms with Crippen LogP contribution in [0.3, 0.4) is 0 Å². The average Bonchev–Trinajstić information content (AvgIpc) is 2.81. The molecule has 3 rings (SSSR count). The molecule has 0 unspecified atom stereocenters. The lowest BCUT2D eigenvalue weighted by Gasteiger charge is -2.17. The van der Waals surface area contributed by atoms with Crippen LogP contribution in [-0.4, -0.2) is 25.5 Å². The summed E-state index contributed by atoms with van der Waals surface area (Å²) >= 11 is 0. The van der Waals surface area contributed by atoms with Gasteiger partial charge in [-0.15, -0.1) is 0 Å². The monoisotopic (exact) mass is 452 g/mol. The first kappa shape index (κ1) is 24.4. The predicted octanol–water partition coefficient (Wildman–Crippen LogP) is 7.58. The Labute approximate surface area is 194 Å². The number of unbranched alkanes of at least 4 members (excludes halogenated alkanes) is 2. The van der Waals surface area contributed by atoms with Crippen molar-refractivity contribution in [1.82, 2.24) is 0 Å². The van der Waals surface area contributed by atoms with Gasteiger partial charge < -0.3 is 18.9 Å². The maximum Gasteiger partial charge on any atom is 0.513 e. The van der Waals surface area contributed by atoms with E-state index in [-0.39, 0.29) is 0 Å². The second kappa shape index (κ2) is 12.1. The van der Waals surface area contributed by atoms with Gasteiger partial charge >= 0.3 is 12.3 Å². The number of hydrogen-bond donors (Lipinski definition) is 0. The van der Waals surface area contributed by atoms with Crippen molar-refractivity contribution in [2.24, 2.45) is 0 Å². The fourth-order valence-corrected chi connectivity index (χ4v) is 3.64. The molecule has 6 nitrogen and oxygen atoms in total. The van der Waals surface area contributed by atoms with Gasteiger partial charge in [-0.3, -0.25) is 0 Å². The van der Waals surface area contributed by atoms with Crippen LogP contribution in [0.1, 0.15) is 58.4 Å². The van der Waals surface area contributed by atoms with Crippen molar-refractivity contribution in [3.8, 4) is 11.5 Å². The molecule has 0 aromatic heterocycles. The van der Waals surface area contributed by atoms with Crippen molar-refractivity contribution in [3.05, 3.63) is 48.0 Å². The van der Waals surface area contributed by atoms with Gasteiger partial charge in [-0.1, -0.05) is 76.4 Å². The summed E-state index contributed by atoms with van der Waals surface area (Å²) in [4.78, 5) is 24.8. The average molecular weight is 453 g/mol. The lowest BCUT2D eigenvalue weighted by Crippen LogP contribution is -2.14. The summed E-state index contributed by atoms with van der Waals surface area (Å²) in [6.45, 7) is 6.76. The highest BCUT2D eigenvalue weighted by atomic mass is 16.7. The van der Waals surface area contributed by atoms with Crippen LogP contribution in [0.4, 0.5) is 9.59 Å². The Morgan fingerprint density at radius 1 is 0.667 bits per heavy atom. The van der Waals surface area contributed by atoms with Gasteiger partial charge in [0, 0.05) is 21.5 Å². The van der Waals surface area contributed by atoms with Crippen molar-refractivity contribution in [2.75, 3.05) is 13.2 Å². The third-order valence-corrected chi connectivity index (χ3v) is 5.33. The molecule has 0 fully saturated rings. The Kier molecular flexibility index (Phi) is 8.93. The van der Waals surface area contributed by atoms with Crippen molar-refractivity contribution in [1.29, 1.82) is 0 Å². The summed E-state index contributed by atoms with van der Waals surface area (Å²) in [5.41, 5.74) is 1.10. The van der Waals surface area contributed by atoms with E-state index in [1.54, 1.807) is 0 Å². The number of ether oxygens (including phenoxy) is 4. The molecule has 0 aliphatic rings. The molecule has 0 atom stereocenters. The minimum absolute atomic E-state index is 0.302. The molecular weight excluding hydrogens is 420 g/mol. The Morgan fingerprint density at radius 3 is 1.70 bits per heavy atom. The van der Waals surface area contributed by atoms with Crippen LogP contribution in [0.25, 0.3) is 21.5 Å². The molecule has 0 aliphatic carbocycles. The van der Waals surface area contributed by atoms with Crippen molar-refractivity contribution in [3.63, 3.8) is 0 Å². The number of carbonyl (C=O) groups is 2. The van der Waals surface area contributed by atoms with Crippen LogP contribution in [-0.2, 0) is 15.9 Å². The lowest BCUT2D eigenvalue weighted by atomic mass is 9.97. The normalized spacial score (nSPS) is 10.9. The second-order valence-corrected chi connectivity index (χ2v) is 7.94. The quantitative estimate of drug-likeness (QED) is 0.137. The summed E-state index contributed by atoms with van der Waals surface area (Å²) in [6, 6.07) is 13.2. The number of rotatable bonds is 10. The summed E-state index contributed by atoms with van der Waals surface area (Å²) in [5.74, 6) is 0.781. The molecule has 3 aromatic rings. The van der Waals surface area contributed by atoms with Gasteiger partial charge in [-0.05, 0) is 30.9 Å². The van der Waals surface area contributed by atoms with Crippen molar-refractivity contribution < 1.29 is 28.5 Å². The topological polar surface area (TPSA) is 71.1 Å². The van der Waals surface area contributed by atoms with Gasteiger partial charge in [0.15, 0.2) is 0 Å². The fourth-order valence-electron chi connectivity index (χ4n) is 3.64. The van der Waals surface area contributed by atoms with Crippen molar-refractivity contribution >= 4 is 33.9 Å². The van der Waals surface area contributed by atoms with Crippen LogP contribution < -0.4 is 9.47 Å². The highest BCUT2D eigenvalue weighted by Gasteiger charge is 2.21. The molecule has 176 valence electrons. The molecule has 0 amide bonds. The highest BCUT2D eigenvalue weighted by molar-refractivity contribution is 6.12. The molecule has 0 heterocycles. The number of benzene rings is 3. The predicted molar refractivity (Wildman–Crippen MR) is 129 cm³/mol. The zero-order valence-electron chi connectivity index (χ0n) is 19.6. The van der Waals surface area contributed by atoms with Gasteiger partial charge in [-0.25, -0.2) is 9.59 Å². The molecular formula is C27H32O6. The molecule has 0 aliphatic heterocycles. The van der Waals surface area contributed by atoms with E-state index in [2.05, 4.69) is 6.92 Å². The Bertz CT molecular complexity index is 1100. The molecule has 0 spiro atoms. The molecule has 0 saturated carbocycles. The second-order valence-electron chi connectivity index (χ2n) is 7.94.